The van der Waals surface area contributed by atoms with Crippen LogP contribution in [0.1, 0.15) is 25.0 Å². The Balaban J connectivity index is 1.80. The van der Waals surface area contributed by atoms with E-state index in [1.54, 1.807) is 0 Å². The first-order valence-corrected chi connectivity index (χ1v) is 6.71. The summed E-state index contributed by atoms with van der Waals surface area (Å²) in [5.41, 5.74) is 7.90. The second-order valence-electron chi connectivity index (χ2n) is 4.59. The van der Waals surface area contributed by atoms with Gasteiger partial charge in [-0.25, -0.2) is 0 Å². The van der Waals surface area contributed by atoms with Gasteiger partial charge in [-0.2, -0.15) is 15.4 Å². The van der Waals surface area contributed by atoms with Crippen molar-refractivity contribution in [3.63, 3.8) is 0 Å². The number of unbranched alkanes of at least 4 members (excludes halogenated alkanes) is 1. The van der Waals surface area contributed by atoms with Crippen LogP contribution >= 0.6 is 0 Å². The lowest BCUT2D eigenvalue weighted by atomic mass is 10.1. The van der Waals surface area contributed by atoms with Gasteiger partial charge in [0.05, 0.1) is 0 Å². The molecule has 6 nitrogen and oxygen atoms in total. The van der Waals surface area contributed by atoms with Crippen LogP contribution in [0.2, 0.25) is 0 Å². The summed E-state index contributed by atoms with van der Waals surface area (Å²) in [4.78, 5) is 10.6. The van der Waals surface area contributed by atoms with E-state index in [4.69, 9.17) is 5.73 Å². The molecule has 0 spiro atoms. The Morgan fingerprint density at radius 2 is 2.00 bits per heavy atom. The molecule has 0 aliphatic heterocycles. The van der Waals surface area contributed by atoms with Crippen LogP contribution in [0.4, 0.5) is 0 Å². The van der Waals surface area contributed by atoms with E-state index >= 15 is 0 Å². The summed E-state index contributed by atoms with van der Waals surface area (Å²) in [6, 6.07) is 9.94. The number of carbonyl (C=O) groups is 1. The van der Waals surface area contributed by atoms with Gasteiger partial charge in [0, 0.05) is 18.5 Å². The van der Waals surface area contributed by atoms with Gasteiger partial charge in [0.25, 0.3) is 0 Å². The van der Waals surface area contributed by atoms with Crippen molar-refractivity contribution in [2.45, 2.75) is 25.8 Å². The summed E-state index contributed by atoms with van der Waals surface area (Å²) in [6.45, 7) is 1.48. The first-order chi connectivity index (χ1) is 9.77. The van der Waals surface area contributed by atoms with E-state index in [1.165, 1.54) is 0 Å². The summed E-state index contributed by atoms with van der Waals surface area (Å²) in [5.74, 6) is -0.243. The molecule has 0 saturated heterocycles. The third-order valence-electron chi connectivity index (χ3n) is 2.99. The average molecular weight is 273 g/mol. The number of aromatic nitrogens is 3. The zero-order chi connectivity index (χ0) is 14.2. The molecular weight excluding hydrogens is 254 g/mol. The van der Waals surface area contributed by atoms with Crippen molar-refractivity contribution in [2.75, 3.05) is 6.54 Å². The van der Waals surface area contributed by atoms with Gasteiger partial charge >= 0.3 is 0 Å². The van der Waals surface area contributed by atoms with Crippen LogP contribution in [0.25, 0.3) is 11.3 Å². The van der Waals surface area contributed by atoms with Crippen molar-refractivity contribution in [1.29, 1.82) is 0 Å². The maximum Gasteiger partial charge on any atom is 0.217 e. The molecule has 0 saturated carbocycles. The molecule has 4 N–H and O–H groups in total. The lowest BCUT2D eigenvalue weighted by Gasteiger charge is -2.03. The third-order valence-corrected chi connectivity index (χ3v) is 2.99. The lowest BCUT2D eigenvalue weighted by molar-refractivity contribution is -0.118. The van der Waals surface area contributed by atoms with Gasteiger partial charge < -0.3 is 11.1 Å². The molecule has 1 heterocycles. The minimum atomic E-state index is -0.243. The molecule has 20 heavy (non-hydrogen) atoms. The summed E-state index contributed by atoms with van der Waals surface area (Å²) in [7, 11) is 0. The van der Waals surface area contributed by atoms with Gasteiger partial charge in [0.15, 0.2) is 0 Å². The smallest absolute Gasteiger partial charge is 0.217 e. The first-order valence-electron chi connectivity index (χ1n) is 6.71. The Morgan fingerprint density at radius 1 is 1.20 bits per heavy atom. The molecule has 0 aliphatic carbocycles. The topological polar surface area (TPSA) is 96.7 Å². The number of amides is 1. The summed E-state index contributed by atoms with van der Waals surface area (Å²) >= 11 is 0. The highest BCUT2D eigenvalue weighted by molar-refractivity contribution is 5.73. The van der Waals surface area contributed by atoms with E-state index in [0.29, 0.717) is 13.0 Å². The number of carbonyl (C=O) groups excluding carboxylic acids is 1. The quantitative estimate of drug-likeness (QED) is 0.630. The molecule has 0 aliphatic rings. The molecule has 1 amide bonds. The molecule has 1 aromatic heterocycles. The Kier molecular flexibility index (Phi) is 5.25. The second kappa shape index (κ2) is 7.40. The summed E-state index contributed by atoms with van der Waals surface area (Å²) < 4.78 is 0. The van der Waals surface area contributed by atoms with Crippen LogP contribution in [0, 0.1) is 0 Å². The van der Waals surface area contributed by atoms with Crippen LogP contribution in [-0.2, 0) is 11.3 Å². The number of nitrogens with zero attached hydrogens (tertiary/aromatic N) is 2. The molecule has 0 atom stereocenters. The van der Waals surface area contributed by atoms with E-state index in [9.17, 15) is 4.79 Å². The fraction of sp³-hybridized carbons (Fsp3) is 0.357. The third kappa shape index (κ3) is 4.17. The molecule has 0 unspecified atom stereocenters. The molecule has 1 aromatic carbocycles. The Bertz CT molecular complexity index is 538. The summed E-state index contributed by atoms with van der Waals surface area (Å²) in [6.07, 6.45) is 2.18. The van der Waals surface area contributed by atoms with Gasteiger partial charge in [0.1, 0.15) is 11.4 Å². The van der Waals surface area contributed by atoms with Gasteiger partial charge in [0.2, 0.25) is 5.91 Å². The number of nitrogens with two attached hydrogens (primary N) is 1. The Hall–Kier alpha value is -2.21. The molecule has 2 rings (SSSR count). The SMILES string of the molecule is NC(=O)CCCCNCc1n[nH]nc1-c1ccccc1. The number of hydrogen-bond donors (Lipinski definition) is 3. The van der Waals surface area contributed by atoms with Crippen LogP contribution in [0.3, 0.4) is 0 Å². The van der Waals surface area contributed by atoms with Crippen molar-refractivity contribution in [3.05, 3.63) is 36.0 Å². The van der Waals surface area contributed by atoms with Crippen LogP contribution in [0.15, 0.2) is 30.3 Å². The number of aromatic amines is 1. The standard InChI is InChI=1S/C14H19N5O/c15-13(20)8-4-5-9-16-10-12-14(18-19-17-12)11-6-2-1-3-7-11/h1-3,6-7,16H,4-5,8-10H2,(H2,15,20)(H,17,18,19). The zero-order valence-corrected chi connectivity index (χ0v) is 11.3. The van der Waals surface area contributed by atoms with E-state index in [-0.39, 0.29) is 5.91 Å². The number of benzene rings is 1. The van der Waals surface area contributed by atoms with Crippen LogP contribution in [0.5, 0.6) is 0 Å². The number of hydrogen-bond acceptors (Lipinski definition) is 4. The highest BCUT2D eigenvalue weighted by Crippen LogP contribution is 2.18. The van der Waals surface area contributed by atoms with Gasteiger partial charge in [-0.3, -0.25) is 4.79 Å². The second-order valence-corrected chi connectivity index (χ2v) is 4.59. The van der Waals surface area contributed by atoms with Crippen molar-refractivity contribution < 1.29 is 4.79 Å². The average Bonchev–Trinajstić information content (AvgIpc) is 2.92. The number of primary amides is 1. The van der Waals surface area contributed by atoms with Crippen LogP contribution < -0.4 is 11.1 Å². The maximum atomic E-state index is 10.6. The monoisotopic (exact) mass is 273 g/mol. The van der Waals surface area contributed by atoms with Crippen molar-refractivity contribution in [3.8, 4) is 11.3 Å². The molecule has 0 fully saturated rings. The van der Waals surface area contributed by atoms with Gasteiger partial charge in [-0.1, -0.05) is 30.3 Å². The highest BCUT2D eigenvalue weighted by Gasteiger charge is 2.08. The molecule has 2 aromatic rings. The first kappa shape index (κ1) is 14.2. The summed E-state index contributed by atoms with van der Waals surface area (Å²) in [5, 5.41) is 14.3. The fourth-order valence-electron chi connectivity index (χ4n) is 1.96. The van der Waals surface area contributed by atoms with E-state index in [0.717, 1.165) is 36.3 Å². The number of nitrogens with one attached hydrogen (secondary N) is 2. The number of H-pyrrole nitrogens is 1. The van der Waals surface area contributed by atoms with Gasteiger partial charge in [-0.15, -0.1) is 0 Å². The predicted octanol–water partition coefficient (Wildman–Crippen LogP) is 1.22. The van der Waals surface area contributed by atoms with E-state index < -0.39 is 0 Å². The minimum Gasteiger partial charge on any atom is -0.370 e. The molecule has 0 radical (unpaired) electrons. The Labute approximate surface area is 117 Å². The van der Waals surface area contributed by atoms with Crippen molar-refractivity contribution >= 4 is 5.91 Å². The number of rotatable bonds is 8. The largest absolute Gasteiger partial charge is 0.370 e. The minimum absolute atomic E-state index is 0.243. The van der Waals surface area contributed by atoms with E-state index in [1.807, 2.05) is 30.3 Å². The molecule has 6 heteroatoms. The maximum absolute atomic E-state index is 10.6. The van der Waals surface area contributed by atoms with Crippen molar-refractivity contribution in [2.24, 2.45) is 5.73 Å². The molecule has 0 bridgehead atoms. The Morgan fingerprint density at radius 3 is 2.75 bits per heavy atom. The lowest BCUT2D eigenvalue weighted by Crippen LogP contribution is -2.16. The van der Waals surface area contributed by atoms with Crippen molar-refractivity contribution in [1.82, 2.24) is 20.7 Å². The van der Waals surface area contributed by atoms with Gasteiger partial charge in [-0.05, 0) is 19.4 Å². The predicted molar refractivity (Wildman–Crippen MR) is 76.6 cm³/mol. The normalized spacial score (nSPS) is 10.6. The zero-order valence-electron chi connectivity index (χ0n) is 11.3. The molecular formula is C14H19N5O. The fourth-order valence-corrected chi connectivity index (χ4v) is 1.96. The van der Waals surface area contributed by atoms with E-state index in [2.05, 4.69) is 20.7 Å². The highest BCUT2D eigenvalue weighted by atomic mass is 16.1. The van der Waals surface area contributed by atoms with Crippen LogP contribution in [-0.4, -0.2) is 27.9 Å². The molecule has 106 valence electrons.